The van der Waals surface area contributed by atoms with Crippen LogP contribution in [-0.2, 0) is 9.53 Å². The van der Waals surface area contributed by atoms with Gasteiger partial charge in [0.2, 0.25) is 0 Å². The fourth-order valence-corrected chi connectivity index (χ4v) is 1.65. The Morgan fingerprint density at radius 3 is 2.00 bits per heavy atom. The maximum Gasteiger partial charge on any atom is 0.344 e. The van der Waals surface area contributed by atoms with Gasteiger partial charge in [-0.1, -0.05) is 36.4 Å². The highest BCUT2D eigenvalue weighted by molar-refractivity contribution is 5.71. The Hall–Kier alpha value is -2.53. The number of para-hydroxylation sites is 2. The minimum Gasteiger partial charge on any atom is -0.491 e. The average Bonchev–Trinajstić information content (AvgIpc) is 2.58. The van der Waals surface area contributed by atoms with Gasteiger partial charge in [-0.2, -0.15) is 0 Å². The van der Waals surface area contributed by atoms with Gasteiger partial charge in [0.15, 0.2) is 6.61 Å². The van der Waals surface area contributed by atoms with Gasteiger partial charge >= 0.3 is 5.97 Å². The van der Waals surface area contributed by atoms with Crippen molar-refractivity contribution in [1.29, 1.82) is 0 Å². The van der Waals surface area contributed by atoms with E-state index in [1.165, 1.54) is 0 Å². The second-order valence-electron chi connectivity index (χ2n) is 4.56. The number of hydrogen-bond donors (Lipinski definition) is 1. The molecule has 0 saturated heterocycles. The van der Waals surface area contributed by atoms with Crippen molar-refractivity contribution in [3.63, 3.8) is 0 Å². The molecule has 0 aliphatic heterocycles. The number of ether oxygens (including phenoxy) is 3. The van der Waals surface area contributed by atoms with Crippen molar-refractivity contribution in [3.05, 3.63) is 60.7 Å². The van der Waals surface area contributed by atoms with Crippen molar-refractivity contribution in [3.8, 4) is 11.5 Å². The van der Waals surface area contributed by atoms with Crippen LogP contribution in [0.25, 0.3) is 0 Å². The smallest absolute Gasteiger partial charge is 0.344 e. The molecule has 0 aliphatic rings. The van der Waals surface area contributed by atoms with E-state index in [9.17, 15) is 9.90 Å². The summed E-state index contributed by atoms with van der Waals surface area (Å²) in [4.78, 5) is 11.5. The van der Waals surface area contributed by atoms with Crippen LogP contribution >= 0.6 is 0 Å². The van der Waals surface area contributed by atoms with E-state index in [1.54, 1.807) is 24.3 Å². The van der Waals surface area contributed by atoms with Crippen LogP contribution in [0.4, 0.5) is 0 Å². The van der Waals surface area contributed by atoms with Gasteiger partial charge in [0.25, 0.3) is 0 Å². The predicted octanol–water partition coefficient (Wildman–Crippen LogP) is 2.05. The number of hydrogen-bond acceptors (Lipinski definition) is 5. The summed E-state index contributed by atoms with van der Waals surface area (Å²) < 4.78 is 15.5. The van der Waals surface area contributed by atoms with Crippen molar-refractivity contribution < 1.29 is 24.1 Å². The number of esters is 1. The van der Waals surface area contributed by atoms with E-state index in [2.05, 4.69) is 0 Å². The van der Waals surface area contributed by atoms with E-state index in [1.807, 2.05) is 36.4 Å². The molecule has 0 fully saturated rings. The minimum absolute atomic E-state index is 0.0524. The second kappa shape index (κ2) is 8.69. The topological polar surface area (TPSA) is 65.0 Å². The molecule has 0 radical (unpaired) electrons. The van der Waals surface area contributed by atoms with E-state index in [4.69, 9.17) is 14.2 Å². The van der Waals surface area contributed by atoms with Gasteiger partial charge in [-0.3, -0.25) is 0 Å². The number of rotatable bonds is 8. The van der Waals surface area contributed by atoms with E-state index in [-0.39, 0.29) is 19.8 Å². The summed E-state index contributed by atoms with van der Waals surface area (Å²) in [5.41, 5.74) is 0. The summed E-state index contributed by atoms with van der Waals surface area (Å²) in [7, 11) is 0. The molecule has 0 aromatic heterocycles. The molecule has 0 saturated carbocycles. The van der Waals surface area contributed by atoms with Crippen molar-refractivity contribution >= 4 is 5.97 Å². The first-order valence-electron chi connectivity index (χ1n) is 6.93. The molecule has 2 rings (SSSR count). The highest BCUT2D eigenvalue weighted by Crippen LogP contribution is 2.09. The minimum atomic E-state index is -0.888. The standard InChI is InChI=1S/C17H18O5/c18-14(11-20-15-7-3-1-4-8-15)12-22-17(19)13-21-16-9-5-2-6-10-16/h1-10,14,18H,11-13H2. The van der Waals surface area contributed by atoms with Gasteiger partial charge in [0.1, 0.15) is 30.8 Å². The maximum absolute atomic E-state index is 11.5. The molecule has 2 aromatic carbocycles. The molecule has 22 heavy (non-hydrogen) atoms. The highest BCUT2D eigenvalue weighted by Gasteiger charge is 2.10. The molecule has 0 aliphatic carbocycles. The number of carbonyl (C=O) groups excluding carboxylic acids is 1. The molecular weight excluding hydrogens is 284 g/mol. The molecule has 0 spiro atoms. The van der Waals surface area contributed by atoms with Crippen molar-refractivity contribution in [2.24, 2.45) is 0 Å². The van der Waals surface area contributed by atoms with Crippen molar-refractivity contribution in [2.45, 2.75) is 6.10 Å². The van der Waals surface area contributed by atoms with E-state index in [0.29, 0.717) is 11.5 Å². The quantitative estimate of drug-likeness (QED) is 0.756. The zero-order valence-corrected chi connectivity index (χ0v) is 12.1. The van der Waals surface area contributed by atoms with Crippen LogP contribution in [0.5, 0.6) is 11.5 Å². The molecular formula is C17H18O5. The van der Waals surface area contributed by atoms with Gasteiger partial charge in [0, 0.05) is 0 Å². The number of carbonyl (C=O) groups is 1. The Morgan fingerprint density at radius 2 is 1.41 bits per heavy atom. The van der Waals surface area contributed by atoms with Crippen LogP contribution < -0.4 is 9.47 Å². The Balaban J connectivity index is 1.61. The normalized spacial score (nSPS) is 11.5. The maximum atomic E-state index is 11.5. The van der Waals surface area contributed by atoms with Gasteiger partial charge in [-0.15, -0.1) is 0 Å². The molecule has 5 heteroatoms. The molecule has 0 amide bonds. The number of aliphatic hydroxyl groups excluding tert-OH is 1. The summed E-state index contributed by atoms with van der Waals surface area (Å²) in [5.74, 6) is 0.704. The van der Waals surface area contributed by atoms with Gasteiger partial charge in [-0.05, 0) is 24.3 Å². The van der Waals surface area contributed by atoms with Crippen molar-refractivity contribution in [2.75, 3.05) is 19.8 Å². The summed E-state index contributed by atoms with van der Waals surface area (Å²) >= 11 is 0. The summed E-state index contributed by atoms with van der Waals surface area (Å²) in [6.45, 7) is -0.281. The van der Waals surface area contributed by atoms with Crippen LogP contribution in [0.15, 0.2) is 60.7 Å². The zero-order chi connectivity index (χ0) is 15.6. The first-order valence-corrected chi connectivity index (χ1v) is 6.93. The Morgan fingerprint density at radius 1 is 0.864 bits per heavy atom. The summed E-state index contributed by atoms with van der Waals surface area (Å²) in [5, 5.41) is 9.70. The molecule has 0 heterocycles. The Bertz CT molecular complexity index is 556. The molecule has 1 N–H and O–H groups in total. The first kappa shape index (κ1) is 15.9. The Labute approximate surface area is 129 Å². The van der Waals surface area contributed by atoms with Crippen LogP contribution in [0.3, 0.4) is 0 Å². The Kier molecular flexibility index (Phi) is 6.26. The third-order valence-electron chi connectivity index (χ3n) is 2.72. The van der Waals surface area contributed by atoms with Crippen LogP contribution in [0.1, 0.15) is 0 Å². The lowest BCUT2D eigenvalue weighted by Crippen LogP contribution is -2.27. The largest absolute Gasteiger partial charge is 0.491 e. The molecule has 5 nitrogen and oxygen atoms in total. The fourth-order valence-electron chi connectivity index (χ4n) is 1.65. The van der Waals surface area contributed by atoms with E-state index >= 15 is 0 Å². The summed E-state index contributed by atoms with van der Waals surface area (Å²) in [6.07, 6.45) is -0.888. The SMILES string of the molecule is O=C(COc1ccccc1)OCC(O)COc1ccccc1. The van der Waals surface area contributed by atoms with E-state index in [0.717, 1.165) is 0 Å². The average molecular weight is 302 g/mol. The zero-order valence-electron chi connectivity index (χ0n) is 12.1. The lowest BCUT2D eigenvalue weighted by Gasteiger charge is -2.13. The van der Waals surface area contributed by atoms with Crippen LogP contribution in [0, 0.1) is 0 Å². The molecule has 116 valence electrons. The number of aliphatic hydroxyl groups is 1. The molecule has 0 bridgehead atoms. The van der Waals surface area contributed by atoms with Gasteiger partial charge < -0.3 is 19.3 Å². The lowest BCUT2D eigenvalue weighted by molar-refractivity contribution is -0.149. The first-order chi connectivity index (χ1) is 10.7. The lowest BCUT2D eigenvalue weighted by atomic mass is 10.3. The second-order valence-corrected chi connectivity index (χ2v) is 4.56. The van der Waals surface area contributed by atoms with Crippen molar-refractivity contribution in [1.82, 2.24) is 0 Å². The molecule has 1 unspecified atom stereocenters. The van der Waals surface area contributed by atoms with Crippen LogP contribution in [0.2, 0.25) is 0 Å². The fraction of sp³-hybridized carbons (Fsp3) is 0.235. The van der Waals surface area contributed by atoms with Gasteiger partial charge in [0.05, 0.1) is 0 Å². The van der Waals surface area contributed by atoms with Gasteiger partial charge in [-0.25, -0.2) is 4.79 Å². The van der Waals surface area contributed by atoms with Crippen LogP contribution in [-0.4, -0.2) is 37.0 Å². The highest BCUT2D eigenvalue weighted by atomic mass is 16.6. The summed E-state index contributed by atoms with van der Waals surface area (Å²) in [6, 6.07) is 18.1. The van der Waals surface area contributed by atoms with E-state index < -0.39 is 12.1 Å². The third kappa shape index (κ3) is 5.85. The predicted molar refractivity (Wildman–Crippen MR) is 80.8 cm³/mol. The number of benzene rings is 2. The molecule has 2 aromatic rings. The third-order valence-corrected chi connectivity index (χ3v) is 2.72. The molecule has 1 atom stereocenters. The monoisotopic (exact) mass is 302 g/mol.